The van der Waals surface area contributed by atoms with Crippen LogP contribution in [0.4, 0.5) is 0 Å². The molecule has 130 valence electrons. The van der Waals surface area contributed by atoms with E-state index in [1.807, 2.05) is 44.2 Å². The average molecular weight is 339 g/mol. The third-order valence-electron chi connectivity index (χ3n) is 4.33. The number of benzene rings is 1. The first-order valence-corrected chi connectivity index (χ1v) is 8.21. The zero-order chi connectivity index (χ0) is 17.8. The van der Waals surface area contributed by atoms with Crippen LogP contribution < -0.4 is 5.32 Å². The molecule has 0 bridgehead atoms. The van der Waals surface area contributed by atoms with Gasteiger partial charge >= 0.3 is 0 Å². The van der Waals surface area contributed by atoms with Crippen molar-refractivity contribution in [2.45, 2.75) is 32.7 Å². The Morgan fingerprint density at radius 2 is 2.04 bits per heavy atom. The van der Waals surface area contributed by atoms with Crippen LogP contribution in [0.25, 0.3) is 5.65 Å². The molecular weight excluding hydrogens is 318 g/mol. The van der Waals surface area contributed by atoms with E-state index in [4.69, 9.17) is 0 Å². The van der Waals surface area contributed by atoms with Crippen LogP contribution in [0.5, 0.6) is 0 Å². The molecule has 0 fully saturated rings. The van der Waals surface area contributed by atoms with Gasteiger partial charge in [-0.1, -0.05) is 30.3 Å². The Kier molecular flexibility index (Phi) is 5.04. The third-order valence-corrected chi connectivity index (χ3v) is 4.33. The van der Waals surface area contributed by atoms with Gasteiger partial charge < -0.3 is 10.4 Å². The van der Waals surface area contributed by atoms with Crippen molar-refractivity contribution in [1.82, 2.24) is 25.1 Å². The van der Waals surface area contributed by atoms with Gasteiger partial charge in [0.15, 0.2) is 5.65 Å². The molecule has 0 spiro atoms. The fourth-order valence-electron chi connectivity index (χ4n) is 2.97. The lowest BCUT2D eigenvalue weighted by atomic mass is 10.0. The van der Waals surface area contributed by atoms with E-state index in [9.17, 15) is 9.90 Å². The minimum atomic E-state index is -0.395. The number of aliphatic hydroxyl groups is 1. The highest BCUT2D eigenvalue weighted by Gasteiger charge is 2.16. The summed E-state index contributed by atoms with van der Waals surface area (Å²) in [6, 6.07) is 9.05. The highest BCUT2D eigenvalue weighted by atomic mass is 16.3. The van der Waals surface area contributed by atoms with Gasteiger partial charge in [0, 0.05) is 12.0 Å². The number of rotatable bonds is 6. The molecule has 2 aromatic heterocycles. The van der Waals surface area contributed by atoms with Gasteiger partial charge in [0.1, 0.15) is 6.33 Å². The molecule has 0 unspecified atom stereocenters. The molecule has 1 atom stereocenters. The minimum Gasteiger partial charge on any atom is -0.394 e. The van der Waals surface area contributed by atoms with Gasteiger partial charge in [0.25, 0.3) is 0 Å². The van der Waals surface area contributed by atoms with Gasteiger partial charge in [0.2, 0.25) is 5.91 Å². The number of carbonyl (C=O) groups excluding carboxylic acids is 1. The van der Waals surface area contributed by atoms with Crippen molar-refractivity contribution in [3.05, 3.63) is 59.0 Å². The summed E-state index contributed by atoms with van der Waals surface area (Å²) in [4.78, 5) is 12.3. The Morgan fingerprint density at radius 3 is 2.76 bits per heavy atom. The number of nitrogens with one attached hydrogen (secondary N) is 1. The van der Waals surface area contributed by atoms with E-state index in [1.165, 1.54) is 0 Å². The largest absolute Gasteiger partial charge is 0.394 e. The van der Waals surface area contributed by atoms with Crippen molar-refractivity contribution in [3.8, 4) is 0 Å². The Morgan fingerprint density at radius 1 is 1.28 bits per heavy atom. The number of aromatic nitrogens is 4. The minimum absolute atomic E-state index is 0.108. The normalized spacial score (nSPS) is 12.3. The number of hydrogen-bond acceptors (Lipinski definition) is 5. The zero-order valence-electron chi connectivity index (χ0n) is 14.3. The molecule has 7 heteroatoms. The number of nitrogens with zero attached hydrogens (tertiary/aromatic N) is 4. The molecule has 0 aliphatic rings. The second-order valence-corrected chi connectivity index (χ2v) is 6.00. The van der Waals surface area contributed by atoms with Gasteiger partial charge in [0.05, 0.1) is 18.3 Å². The molecule has 3 rings (SSSR count). The summed E-state index contributed by atoms with van der Waals surface area (Å²) < 4.78 is 1.64. The molecule has 1 amide bonds. The number of aryl methyl sites for hydroxylation is 2. The highest BCUT2D eigenvalue weighted by molar-refractivity contribution is 5.77. The molecule has 0 radical (unpaired) electrons. The summed E-state index contributed by atoms with van der Waals surface area (Å²) >= 11 is 0. The van der Waals surface area contributed by atoms with E-state index >= 15 is 0 Å². The summed E-state index contributed by atoms with van der Waals surface area (Å²) in [5.74, 6) is -0.108. The van der Waals surface area contributed by atoms with E-state index in [0.717, 1.165) is 22.4 Å². The van der Waals surface area contributed by atoms with Crippen LogP contribution >= 0.6 is 0 Å². The van der Waals surface area contributed by atoms with E-state index in [1.54, 1.807) is 10.8 Å². The van der Waals surface area contributed by atoms with Gasteiger partial charge in [-0.05, 0) is 31.4 Å². The first kappa shape index (κ1) is 17.0. The lowest BCUT2D eigenvalue weighted by Gasteiger charge is -2.17. The molecular formula is C18H21N5O2. The number of hydrogen-bond donors (Lipinski definition) is 2. The lowest BCUT2D eigenvalue weighted by Crippen LogP contribution is -2.31. The molecule has 7 nitrogen and oxygen atoms in total. The maximum atomic E-state index is 12.3. The Labute approximate surface area is 145 Å². The summed E-state index contributed by atoms with van der Waals surface area (Å²) in [5.41, 5.74) is 4.45. The van der Waals surface area contributed by atoms with E-state index in [-0.39, 0.29) is 12.5 Å². The first-order chi connectivity index (χ1) is 12.1. The number of aliphatic hydroxyl groups excluding tert-OH is 1. The number of fused-ring (bicyclic) bond motifs is 1. The van der Waals surface area contributed by atoms with E-state index in [2.05, 4.69) is 20.6 Å². The summed E-state index contributed by atoms with van der Waals surface area (Å²) in [5, 5.41) is 24.8. The second kappa shape index (κ2) is 7.40. The van der Waals surface area contributed by atoms with Crippen molar-refractivity contribution in [2.75, 3.05) is 6.61 Å². The van der Waals surface area contributed by atoms with Crippen LogP contribution in [0, 0.1) is 13.8 Å². The molecule has 2 heterocycles. The monoisotopic (exact) mass is 339 g/mol. The van der Waals surface area contributed by atoms with Crippen molar-refractivity contribution in [2.24, 2.45) is 0 Å². The standard InChI is InChI=1S/C18H21N5O2/c1-12-15(13(2)22-23-11-19-21-18(12)23)8-9-17(25)20-16(10-24)14-6-4-3-5-7-14/h3-7,11,16,24H,8-10H2,1-2H3,(H,20,25)/t16-/m1/s1. The van der Waals surface area contributed by atoms with Gasteiger partial charge in [-0.2, -0.15) is 5.10 Å². The SMILES string of the molecule is Cc1nn2cnnc2c(C)c1CCC(=O)N[C@H](CO)c1ccccc1. The van der Waals surface area contributed by atoms with Crippen LogP contribution in [-0.2, 0) is 11.2 Å². The lowest BCUT2D eigenvalue weighted by molar-refractivity contribution is -0.122. The van der Waals surface area contributed by atoms with Crippen molar-refractivity contribution < 1.29 is 9.90 Å². The highest BCUT2D eigenvalue weighted by Crippen LogP contribution is 2.18. The topological polar surface area (TPSA) is 92.4 Å². The van der Waals surface area contributed by atoms with Crippen LogP contribution in [0.2, 0.25) is 0 Å². The predicted octanol–water partition coefficient (Wildman–Crippen LogP) is 1.52. The molecule has 0 aliphatic carbocycles. The molecule has 0 saturated carbocycles. The van der Waals surface area contributed by atoms with Crippen molar-refractivity contribution in [1.29, 1.82) is 0 Å². The zero-order valence-corrected chi connectivity index (χ0v) is 14.3. The molecule has 3 aromatic rings. The van der Waals surface area contributed by atoms with Crippen LogP contribution in [0.15, 0.2) is 36.7 Å². The van der Waals surface area contributed by atoms with Crippen LogP contribution in [0.1, 0.15) is 34.8 Å². The number of amides is 1. The number of carbonyl (C=O) groups is 1. The summed E-state index contributed by atoms with van der Waals surface area (Å²) in [7, 11) is 0. The Bertz CT molecular complexity index is 876. The second-order valence-electron chi connectivity index (χ2n) is 6.00. The van der Waals surface area contributed by atoms with Gasteiger partial charge in [-0.25, -0.2) is 4.52 Å². The fourth-order valence-corrected chi connectivity index (χ4v) is 2.97. The summed E-state index contributed by atoms with van der Waals surface area (Å²) in [6.07, 6.45) is 2.45. The molecule has 25 heavy (non-hydrogen) atoms. The molecule has 0 saturated heterocycles. The Balaban J connectivity index is 1.68. The van der Waals surface area contributed by atoms with E-state index in [0.29, 0.717) is 18.5 Å². The quantitative estimate of drug-likeness (QED) is 0.710. The fraction of sp³-hybridized carbons (Fsp3) is 0.333. The average Bonchev–Trinajstić information content (AvgIpc) is 3.08. The van der Waals surface area contributed by atoms with Gasteiger partial charge in [-0.3, -0.25) is 4.79 Å². The molecule has 2 N–H and O–H groups in total. The molecule has 1 aromatic carbocycles. The van der Waals surface area contributed by atoms with Crippen LogP contribution in [0.3, 0.4) is 0 Å². The maximum absolute atomic E-state index is 12.3. The third kappa shape index (κ3) is 3.66. The van der Waals surface area contributed by atoms with Crippen molar-refractivity contribution in [3.63, 3.8) is 0 Å². The van der Waals surface area contributed by atoms with Gasteiger partial charge in [-0.15, -0.1) is 10.2 Å². The Hall–Kier alpha value is -2.80. The van der Waals surface area contributed by atoms with Crippen LogP contribution in [-0.4, -0.2) is 37.4 Å². The maximum Gasteiger partial charge on any atom is 0.220 e. The summed E-state index contributed by atoms with van der Waals surface area (Å²) in [6.45, 7) is 3.74. The predicted molar refractivity (Wildman–Crippen MR) is 93.0 cm³/mol. The first-order valence-electron chi connectivity index (χ1n) is 8.21. The smallest absolute Gasteiger partial charge is 0.220 e. The van der Waals surface area contributed by atoms with Crippen molar-refractivity contribution >= 4 is 11.6 Å². The van der Waals surface area contributed by atoms with E-state index < -0.39 is 6.04 Å². The molecule has 0 aliphatic heterocycles.